The standard InChI is InChI=1S/C16H16FNS/c1-11-8-13(17)6-7-15(11)18-9-12-10-19-16-5-3-2-4-14(12)16/h2-8,12,18H,9-10H2,1H3. The second kappa shape index (κ2) is 5.25. The molecule has 0 radical (unpaired) electrons. The number of rotatable bonds is 3. The third-order valence-corrected chi connectivity index (χ3v) is 4.78. The maximum Gasteiger partial charge on any atom is 0.123 e. The van der Waals surface area contributed by atoms with Gasteiger partial charge >= 0.3 is 0 Å². The predicted octanol–water partition coefficient (Wildman–Crippen LogP) is 4.44. The highest BCUT2D eigenvalue weighted by Crippen LogP contribution is 2.39. The molecule has 1 heterocycles. The largest absolute Gasteiger partial charge is 0.384 e. The Kier molecular flexibility index (Phi) is 3.47. The van der Waals surface area contributed by atoms with Crippen LogP contribution in [0.2, 0.25) is 0 Å². The van der Waals surface area contributed by atoms with Crippen molar-refractivity contribution in [2.24, 2.45) is 0 Å². The van der Waals surface area contributed by atoms with E-state index in [1.54, 1.807) is 6.07 Å². The van der Waals surface area contributed by atoms with Crippen molar-refractivity contribution >= 4 is 17.4 Å². The summed E-state index contributed by atoms with van der Waals surface area (Å²) in [5, 5.41) is 3.44. The molecule has 3 rings (SSSR count). The van der Waals surface area contributed by atoms with Gasteiger partial charge in [0, 0.05) is 28.8 Å². The average Bonchev–Trinajstić information content (AvgIpc) is 2.81. The Morgan fingerprint density at radius 1 is 1.26 bits per heavy atom. The Morgan fingerprint density at radius 2 is 2.11 bits per heavy atom. The van der Waals surface area contributed by atoms with Gasteiger partial charge in [0.05, 0.1) is 0 Å². The number of anilines is 1. The highest BCUT2D eigenvalue weighted by Gasteiger charge is 2.22. The maximum absolute atomic E-state index is 13.1. The minimum Gasteiger partial charge on any atom is -0.384 e. The van der Waals surface area contributed by atoms with Crippen LogP contribution in [-0.4, -0.2) is 12.3 Å². The van der Waals surface area contributed by atoms with Gasteiger partial charge in [0.15, 0.2) is 0 Å². The Labute approximate surface area is 117 Å². The average molecular weight is 273 g/mol. The van der Waals surface area contributed by atoms with Gasteiger partial charge in [-0.25, -0.2) is 4.39 Å². The number of nitrogens with one attached hydrogen (secondary N) is 1. The van der Waals surface area contributed by atoms with Gasteiger partial charge in [-0.1, -0.05) is 18.2 Å². The first kappa shape index (κ1) is 12.5. The molecule has 0 saturated carbocycles. The second-order valence-electron chi connectivity index (χ2n) is 4.89. The Morgan fingerprint density at radius 3 is 2.95 bits per heavy atom. The van der Waals surface area contributed by atoms with Crippen molar-refractivity contribution in [3.8, 4) is 0 Å². The highest BCUT2D eigenvalue weighted by atomic mass is 32.2. The smallest absolute Gasteiger partial charge is 0.123 e. The number of aryl methyl sites for hydroxylation is 1. The molecular weight excluding hydrogens is 257 g/mol. The molecule has 0 fully saturated rings. The molecule has 0 amide bonds. The summed E-state index contributed by atoms with van der Waals surface area (Å²) in [6, 6.07) is 13.5. The SMILES string of the molecule is Cc1cc(F)ccc1NCC1CSc2ccccc21. The van der Waals surface area contributed by atoms with Crippen LogP contribution in [0.4, 0.5) is 10.1 Å². The van der Waals surface area contributed by atoms with Gasteiger partial charge < -0.3 is 5.32 Å². The van der Waals surface area contributed by atoms with Crippen molar-refractivity contribution in [2.45, 2.75) is 17.7 Å². The molecule has 0 saturated heterocycles. The summed E-state index contributed by atoms with van der Waals surface area (Å²) in [6.45, 7) is 2.83. The molecular formula is C16H16FNS. The van der Waals surface area contributed by atoms with E-state index in [1.807, 2.05) is 24.8 Å². The van der Waals surface area contributed by atoms with Crippen molar-refractivity contribution in [3.63, 3.8) is 0 Å². The van der Waals surface area contributed by atoms with Gasteiger partial charge in [-0.2, -0.15) is 0 Å². The minimum atomic E-state index is -0.176. The number of benzene rings is 2. The van der Waals surface area contributed by atoms with Gasteiger partial charge in [-0.15, -0.1) is 11.8 Å². The lowest BCUT2D eigenvalue weighted by Crippen LogP contribution is -2.12. The predicted molar refractivity (Wildman–Crippen MR) is 79.5 cm³/mol. The first-order valence-electron chi connectivity index (χ1n) is 6.46. The van der Waals surface area contributed by atoms with Crippen LogP contribution >= 0.6 is 11.8 Å². The molecule has 0 aromatic heterocycles. The van der Waals surface area contributed by atoms with Crippen molar-refractivity contribution in [2.75, 3.05) is 17.6 Å². The van der Waals surface area contributed by atoms with Crippen LogP contribution in [0.15, 0.2) is 47.4 Å². The van der Waals surface area contributed by atoms with Gasteiger partial charge in [-0.05, 0) is 42.3 Å². The quantitative estimate of drug-likeness (QED) is 0.887. The Hall–Kier alpha value is -1.48. The molecule has 1 unspecified atom stereocenters. The van der Waals surface area contributed by atoms with Crippen LogP contribution in [0.3, 0.4) is 0 Å². The topological polar surface area (TPSA) is 12.0 Å². The lowest BCUT2D eigenvalue weighted by atomic mass is 10.0. The molecule has 98 valence electrons. The molecule has 1 nitrogen and oxygen atoms in total. The van der Waals surface area contributed by atoms with Gasteiger partial charge in [0.1, 0.15) is 5.82 Å². The number of thioether (sulfide) groups is 1. The van der Waals surface area contributed by atoms with E-state index in [0.29, 0.717) is 5.92 Å². The van der Waals surface area contributed by atoms with E-state index in [-0.39, 0.29) is 5.82 Å². The van der Waals surface area contributed by atoms with Gasteiger partial charge in [0.2, 0.25) is 0 Å². The molecule has 3 heteroatoms. The summed E-state index contributed by atoms with van der Waals surface area (Å²) < 4.78 is 13.1. The van der Waals surface area contributed by atoms with Crippen LogP contribution < -0.4 is 5.32 Å². The molecule has 1 atom stereocenters. The van der Waals surface area contributed by atoms with E-state index < -0.39 is 0 Å². The van der Waals surface area contributed by atoms with Crippen LogP contribution in [0, 0.1) is 12.7 Å². The number of hydrogen-bond donors (Lipinski definition) is 1. The molecule has 0 spiro atoms. The zero-order chi connectivity index (χ0) is 13.2. The van der Waals surface area contributed by atoms with Crippen LogP contribution in [-0.2, 0) is 0 Å². The van der Waals surface area contributed by atoms with E-state index >= 15 is 0 Å². The fourth-order valence-corrected chi connectivity index (χ4v) is 3.71. The minimum absolute atomic E-state index is 0.176. The molecule has 2 aromatic carbocycles. The molecule has 0 aliphatic carbocycles. The van der Waals surface area contributed by atoms with E-state index in [0.717, 1.165) is 23.5 Å². The number of fused-ring (bicyclic) bond motifs is 1. The summed E-state index contributed by atoms with van der Waals surface area (Å²) in [6.07, 6.45) is 0. The fraction of sp³-hybridized carbons (Fsp3) is 0.250. The normalized spacial score (nSPS) is 17.3. The monoisotopic (exact) mass is 273 g/mol. The maximum atomic E-state index is 13.1. The fourth-order valence-electron chi connectivity index (χ4n) is 2.46. The van der Waals surface area contributed by atoms with E-state index in [4.69, 9.17) is 0 Å². The van der Waals surface area contributed by atoms with Crippen molar-refractivity contribution in [3.05, 3.63) is 59.4 Å². The van der Waals surface area contributed by atoms with Gasteiger partial charge in [0.25, 0.3) is 0 Å². The summed E-state index contributed by atoms with van der Waals surface area (Å²) in [5.74, 6) is 1.47. The Balaban J connectivity index is 1.71. The summed E-state index contributed by atoms with van der Waals surface area (Å²) in [5.41, 5.74) is 3.41. The van der Waals surface area contributed by atoms with Crippen molar-refractivity contribution < 1.29 is 4.39 Å². The lowest BCUT2D eigenvalue weighted by molar-refractivity contribution is 0.626. The second-order valence-corrected chi connectivity index (χ2v) is 5.95. The van der Waals surface area contributed by atoms with Crippen molar-refractivity contribution in [1.82, 2.24) is 0 Å². The molecule has 2 aromatic rings. The van der Waals surface area contributed by atoms with Crippen LogP contribution in [0.1, 0.15) is 17.0 Å². The first-order chi connectivity index (χ1) is 9.24. The zero-order valence-electron chi connectivity index (χ0n) is 10.8. The van der Waals surface area contributed by atoms with Gasteiger partial charge in [-0.3, -0.25) is 0 Å². The molecule has 1 aliphatic rings. The summed E-state index contributed by atoms with van der Waals surface area (Å²) in [4.78, 5) is 1.39. The van der Waals surface area contributed by atoms with Crippen LogP contribution in [0.5, 0.6) is 0 Å². The molecule has 1 aliphatic heterocycles. The summed E-state index contributed by atoms with van der Waals surface area (Å²) >= 11 is 1.92. The van der Waals surface area contributed by atoms with E-state index in [9.17, 15) is 4.39 Å². The zero-order valence-corrected chi connectivity index (χ0v) is 11.6. The lowest BCUT2D eigenvalue weighted by Gasteiger charge is -2.14. The molecule has 19 heavy (non-hydrogen) atoms. The summed E-state index contributed by atoms with van der Waals surface area (Å²) in [7, 11) is 0. The highest BCUT2D eigenvalue weighted by molar-refractivity contribution is 7.99. The first-order valence-corrected chi connectivity index (χ1v) is 7.44. The van der Waals surface area contributed by atoms with Crippen LogP contribution in [0.25, 0.3) is 0 Å². The van der Waals surface area contributed by atoms with E-state index in [1.165, 1.54) is 16.5 Å². The number of hydrogen-bond acceptors (Lipinski definition) is 2. The third kappa shape index (κ3) is 2.61. The third-order valence-electron chi connectivity index (χ3n) is 3.53. The molecule has 0 bridgehead atoms. The van der Waals surface area contributed by atoms with Crippen molar-refractivity contribution in [1.29, 1.82) is 0 Å². The Bertz CT molecular complexity index is 597. The van der Waals surface area contributed by atoms with E-state index in [2.05, 4.69) is 29.6 Å². The number of halogens is 1. The molecule has 1 N–H and O–H groups in total.